The van der Waals surface area contributed by atoms with Crippen molar-refractivity contribution in [2.75, 3.05) is 17.5 Å². The first kappa shape index (κ1) is 27.6. The fraction of sp³-hybridized carbons (Fsp3) is 0.321. The molecule has 3 aromatic rings. The quantitative estimate of drug-likeness (QED) is 0.363. The molecule has 36 heavy (non-hydrogen) atoms. The van der Waals surface area contributed by atoms with Crippen molar-refractivity contribution in [2.24, 2.45) is 0 Å². The molecular formula is C28H33ClN2O4S. The lowest BCUT2D eigenvalue weighted by Crippen LogP contribution is -2.41. The van der Waals surface area contributed by atoms with E-state index in [1.165, 1.54) is 29.8 Å². The first-order chi connectivity index (χ1) is 16.9. The summed E-state index contributed by atoms with van der Waals surface area (Å²) in [5.74, 6) is -0.0672. The van der Waals surface area contributed by atoms with E-state index >= 15 is 0 Å². The van der Waals surface area contributed by atoms with E-state index in [9.17, 15) is 13.2 Å². The van der Waals surface area contributed by atoms with Crippen molar-refractivity contribution in [1.29, 1.82) is 0 Å². The molecule has 3 aromatic carbocycles. The normalized spacial score (nSPS) is 12.6. The number of nitrogens with zero attached hydrogens (tertiary/aromatic N) is 1. The van der Waals surface area contributed by atoms with E-state index in [0.717, 1.165) is 9.87 Å². The van der Waals surface area contributed by atoms with E-state index in [1.807, 2.05) is 38.1 Å². The third kappa shape index (κ3) is 6.59. The van der Waals surface area contributed by atoms with Crippen molar-refractivity contribution in [3.8, 4) is 5.75 Å². The van der Waals surface area contributed by atoms with Gasteiger partial charge in [0.15, 0.2) is 0 Å². The van der Waals surface area contributed by atoms with Gasteiger partial charge in [0.1, 0.15) is 12.3 Å². The van der Waals surface area contributed by atoms with E-state index in [1.54, 1.807) is 24.3 Å². The second-order valence-corrected chi connectivity index (χ2v) is 11.8. The molecule has 0 spiro atoms. The van der Waals surface area contributed by atoms with Crippen LogP contribution in [-0.4, -0.2) is 27.5 Å². The summed E-state index contributed by atoms with van der Waals surface area (Å²) in [5, 5.41) is 3.35. The SMILES string of the molecule is CCOc1ccccc1N(CC(=O)NC(C)c1ccc(C(C)(C)C)cc1)S(=O)(=O)c1ccc(Cl)cc1. The predicted molar refractivity (Wildman–Crippen MR) is 145 cm³/mol. The van der Waals surface area contributed by atoms with Crippen LogP contribution in [0.5, 0.6) is 5.75 Å². The molecule has 1 atom stereocenters. The monoisotopic (exact) mass is 528 g/mol. The molecule has 1 amide bonds. The van der Waals surface area contributed by atoms with Gasteiger partial charge in [-0.2, -0.15) is 0 Å². The number of hydrogen-bond donors (Lipinski definition) is 1. The summed E-state index contributed by atoms with van der Waals surface area (Å²) in [6.07, 6.45) is 0. The van der Waals surface area contributed by atoms with E-state index in [2.05, 4.69) is 26.1 Å². The van der Waals surface area contributed by atoms with Gasteiger partial charge >= 0.3 is 0 Å². The summed E-state index contributed by atoms with van der Waals surface area (Å²) in [4.78, 5) is 13.2. The molecule has 0 bridgehead atoms. The van der Waals surface area contributed by atoms with Gasteiger partial charge in [0.2, 0.25) is 5.91 Å². The Kier molecular flexibility index (Phi) is 8.69. The maximum absolute atomic E-state index is 13.7. The fourth-order valence-corrected chi connectivity index (χ4v) is 5.30. The zero-order chi connectivity index (χ0) is 26.5. The number of para-hydroxylation sites is 2. The largest absolute Gasteiger partial charge is 0.492 e. The number of rotatable bonds is 9. The molecule has 0 heterocycles. The van der Waals surface area contributed by atoms with E-state index in [-0.39, 0.29) is 22.0 Å². The summed E-state index contributed by atoms with van der Waals surface area (Å²) in [5.41, 5.74) is 2.43. The Morgan fingerprint density at radius 1 is 1.00 bits per heavy atom. The molecular weight excluding hydrogens is 496 g/mol. The van der Waals surface area contributed by atoms with Crippen LogP contribution in [0.3, 0.4) is 0 Å². The molecule has 6 nitrogen and oxygen atoms in total. The Labute approximate surface area is 219 Å². The first-order valence-electron chi connectivity index (χ1n) is 11.8. The zero-order valence-corrected chi connectivity index (χ0v) is 22.9. The molecule has 0 aromatic heterocycles. The summed E-state index contributed by atoms with van der Waals surface area (Å²) in [7, 11) is -4.10. The molecule has 192 valence electrons. The number of amides is 1. The van der Waals surface area contributed by atoms with Crippen molar-refractivity contribution in [2.45, 2.75) is 51.0 Å². The van der Waals surface area contributed by atoms with Gasteiger partial charge in [-0.25, -0.2) is 8.42 Å². The predicted octanol–water partition coefficient (Wildman–Crippen LogP) is 6.11. The third-order valence-electron chi connectivity index (χ3n) is 5.78. The minimum Gasteiger partial charge on any atom is -0.492 e. The standard InChI is InChI=1S/C28H33ClN2O4S/c1-6-35-26-10-8-7-9-25(26)31(36(33,34)24-17-15-23(29)16-18-24)19-27(32)30-20(2)21-11-13-22(14-12-21)28(3,4)5/h7-18,20H,6,19H2,1-5H3,(H,30,32). The Bertz CT molecular complexity index is 1280. The van der Waals surface area contributed by atoms with E-state index < -0.39 is 22.5 Å². The summed E-state index contributed by atoms with van der Waals surface area (Å²) in [6.45, 7) is 10.0. The molecule has 0 radical (unpaired) electrons. The summed E-state index contributed by atoms with van der Waals surface area (Å²) >= 11 is 5.97. The van der Waals surface area contributed by atoms with Crippen LogP contribution >= 0.6 is 11.6 Å². The number of sulfonamides is 1. The second-order valence-electron chi connectivity index (χ2n) is 9.53. The molecule has 3 rings (SSSR count). The van der Waals surface area contributed by atoms with Crippen molar-refractivity contribution in [1.82, 2.24) is 5.32 Å². The van der Waals surface area contributed by atoms with Gasteiger partial charge in [0.25, 0.3) is 10.0 Å². The maximum Gasteiger partial charge on any atom is 0.264 e. The number of carbonyl (C=O) groups is 1. The molecule has 0 aliphatic heterocycles. The van der Waals surface area contributed by atoms with Gasteiger partial charge in [-0.3, -0.25) is 9.10 Å². The molecule has 1 unspecified atom stereocenters. The number of carbonyl (C=O) groups excluding carboxylic acids is 1. The highest BCUT2D eigenvalue weighted by molar-refractivity contribution is 7.92. The number of hydrogen-bond acceptors (Lipinski definition) is 4. The average Bonchev–Trinajstić information content (AvgIpc) is 2.83. The lowest BCUT2D eigenvalue weighted by atomic mass is 9.86. The average molecular weight is 529 g/mol. The molecule has 0 aliphatic rings. The van der Waals surface area contributed by atoms with Crippen LogP contribution in [0, 0.1) is 0 Å². The van der Waals surface area contributed by atoms with Gasteiger partial charge in [-0.1, -0.05) is 68.8 Å². The molecule has 1 N–H and O–H groups in total. The Balaban J connectivity index is 1.90. The smallest absolute Gasteiger partial charge is 0.264 e. The lowest BCUT2D eigenvalue weighted by molar-refractivity contribution is -0.120. The number of halogens is 1. The highest BCUT2D eigenvalue weighted by Gasteiger charge is 2.30. The van der Waals surface area contributed by atoms with Crippen molar-refractivity contribution >= 4 is 33.2 Å². The van der Waals surface area contributed by atoms with Crippen LogP contribution in [-0.2, 0) is 20.2 Å². The molecule has 0 fully saturated rings. The van der Waals surface area contributed by atoms with Crippen LogP contribution in [0.15, 0.2) is 77.7 Å². The molecule has 0 saturated carbocycles. The number of anilines is 1. The molecule has 0 aliphatic carbocycles. The van der Waals surface area contributed by atoms with Crippen LogP contribution in [0.2, 0.25) is 5.02 Å². The van der Waals surface area contributed by atoms with Gasteiger partial charge < -0.3 is 10.1 Å². The third-order valence-corrected chi connectivity index (χ3v) is 7.80. The fourth-order valence-electron chi connectivity index (χ4n) is 3.75. The number of nitrogens with one attached hydrogen (secondary N) is 1. The van der Waals surface area contributed by atoms with Gasteiger partial charge in [-0.05, 0) is 66.8 Å². The Morgan fingerprint density at radius 3 is 2.19 bits per heavy atom. The minimum absolute atomic E-state index is 0.0233. The topological polar surface area (TPSA) is 75.7 Å². The Morgan fingerprint density at radius 2 is 1.61 bits per heavy atom. The lowest BCUT2D eigenvalue weighted by Gasteiger charge is -2.27. The zero-order valence-electron chi connectivity index (χ0n) is 21.3. The maximum atomic E-state index is 13.7. The Hall–Kier alpha value is -3.03. The number of ether oxygens (including phenoxy) is 1. The number of benzene rings is 3. The van der Waals surface area contributed by atoms with Gasteiger partial charge in [-0.15, -0.1) is 0 Å². The van der Waals surface area contributed by atoms with Crippen molar-refractivity contribution in [3.05, 3.63) is 88.9 Å². The van der Waals surface area contributed by atoms with Crippen molar-refractivity contribution < 1.29 is 17.9 Å². The van der Waals surface area contributed by atoms with Crippen LogP contribution in [0.1, 0.15) is 51.8 Å². The van der Waals surface area contributed by atoms with Gasteiger partial charge in [0, 0.05) is 5.02 Å². The second kappa shape index (κ2) is 11.4. The molecule has 8 heteroatoms. The highest BCUT2D eigenvalue weighted by Crippen LogP contribution is 2.33. The minimum atomic E-state index is -4.10. The molecule has 0 saturated heterocycles. The summed E-state index contributed by atoms with van der Waals surface area (Å²) < 4.78 is 34.1. The highest BCUT2D eigenvalue weighted by atomic mass is 35.5. The van der Waals surface area contributed by atoms with Crippen LogP contribution < -0.4 is 14.4 Å². The van der Waals surface area contributed by atoms with E-state index in [0.29, 0.717) is 17.4 Å². The van der Waals surface area contributed by atoms with Crippen LogP contribution in [0.25, 0.3) is 0 Å². The van der Waals surface area contributed by atoms with Gasteiger partial charge in [0.05, 0.1) is 23.2 Å². The van der Waals surface area contributed by atoms with E-state index in [4.69, 9.17) is 16.3 Å². The first-order valence-corrected chi connectivity index (χ1v) is 13.6. The van der Waals surface area contributed by atoms with Crippen LogP contribution in [0.4, 0.5) is 5.69 Å². The van der Waals surface area contributed by atoms with Crippen molar-refractivity contribution in [3.63, 3.8) is 0 Å². The summed E-state index contributed by atoms with van der Waals surface area (Å²) in [6, 6.07) is 20.4.